The number of amides is 2. The Labute approximate surface area is 279 Å². The van der Waals surface area contributed by atoms with E-state index in [1.807, 2.05) is 82.3 Å². The second kappa shape index (κ2) is 14.6. The SMILES string of the molecule is Cc1ccc(S(=O)(=O)N(CC(=O)N(Cc2cccc(Br)c2)C(Cc2ccccc2)C(=O)NC(C)(C)C)c2cccc(Cl)c2)cc1. The van der Waals surface area contributed by atoms with Crippen molar-refractivity contribution in [1.82, 2.24) is 10.2 Å². The fourth-order valence-electron chi connectivity index (χ4n) is 4.84. The van der Waals surface area contributed by atoms with Gasteiger partial charge < -0.3 is 10.2 Å². The zero-order valence-corrected chi connectivity index (χ0v) is 28.9. The van der Waals surface area contributed by atoms with E-state index in [4.69, 9.17) is 11.6 Å². The summed E-state index contributed by atoms with van der Waals surface area (Å²) < 4.78 is 30.1. The molecular formula is C35H37BrClN3O4S. The predicted octanol–water partition coefficient (Wildman–Crippen LogP) is 7.16. The minimum absolute atomic E-state index is 0.0331. The highest BCUT2D eigenvalue weighted by Crippen LogP contribution is 2.28. The standard InChI is InChI=1S/C35H37BrClN3O4S/c1-25-16-18-31(19-17-25)45(43,44)40(30-15-9-14-29(37)22-30)24-33(41)39(23-27-12-8-13-28(36)20-27)32(34(42)38-35(2,3)4)21-26-10-6-5-7-11-26/h5-20,22,32H,21,23-24H2,1-4H3,(H,38,42). The van der Waals surface area contributed by atoms with Gasteiger partial charge in [-0.3, -0.25) is 13.9 Å². The van der Waals surface area contributed by atoms with Crippen LogP contribution in [0.5, 0.6) is 0 Å². The van der Waals surface area contributed by atoms with Crippen LogP contribution in [0.3, 0.4) is 0 Å². The van der Waals surface area contributed by atoms with Gasteiger partial charge in [0.05, 0.1) is 10.6 Å². The van der Waals surface area contributed by atoms with Crippen LogP contribution in [0, 0.1) is 6.92 Å². The van der Waals surface area contributed by atoms with E-state index in [9.17, 15) is 18.0 Å². The average molecular weight is 711 g/mol. The molecule has 45 heavy (non-hydrogen) atoms. The zero-order valence-electron chi connectivity index (χ0n) is 25.7. The van der Waals surface area contributed by atoms with Crippen molar-refractivity contribution in [2.24, 2.45) is 0 Å². The van der Waals surface area contributed by atoms with Crippen molar-refractivity contribution in [3.8, 4) is 0 Å². The minimum Gasteiger partial charge on any atom is -0.350 e. The maximum atomic E-state index is 14.5. The molecule has 236 valence electrons. The highest BCUT2D eigenvalue weighted by atomic mass is 79.9. The summed E-state index contributed by atoms with van der Waals surface area (Å²) in [5, 5.41) is 3.36. The minimum atomic E-state index is -4.21. The van der Waals surface area contributed by atoms with Crippen LogP contribution in [-0.2, 0) is 32.6 Å². The Bertz CT molecular complexity index is 1740. The summed E-state index contributed by atoms with van der Waals surface area (Å²) in [6, 6.07) is 28.8. The Hall–Kier alpha value is -3.66. The number of hydrogen-bond acceptors (Lipinski definition) is 4. The normalized spacial score (nSPS) is 12.3. The highest BCUT2D eigenvalue weighted by molar-refractivity contribution is 9.10. The number of hydrogen-bond donors (Lipinski definition) is 1. The van der Waals surface area contributed by atoms with Gasteiger partial charge in [-0.15, -0.1) is 0 Å². The van der Waals surface area contributed by atoms with Gasteiger partial charge >= 0.3 is 0 Å². The lowest BCUT2D eigenvalue weighted by Crippen LogP contribution is -2.56. The smallest absolute Gasteiger partial charge is 0.264 e. The second-order valence-electron chi connectivity index (χ2n) is 11.9. The molecule has 1 atom stereocenters. The first-order valence-electron chi connectivity index (χ1n) is 14.5. The summed E-state index contributed by atoms with van der Waals surface area (Å²) in [5.41, 5.74) is 2.19. The number of rotatable bonds is 11. The van der Waals surface area contributed by atoms with Gasteiger partial charge in [-0.05, 0) is 81.3 Å². The van der Waals surface area contributed by atoms with Crippen LogP contribution >= 0.6 is 27.5 Å². The van der Waals surface area contributed by atoms with Crippen molar-refractivity contribution in [3.05, 3.63) is 129 Å². The van der Waals surface area contributed by atoms with Crippen LogP contribution < -0.4 is 9.62 Å². The number of benzene rings is 4. The van der Waals surface area contributed by atoms with E-state index in [0.717, 1.165) is 25.5 Å². The third kappa shape index (κ3) is 9.42. The van der Waals surface area contributed by atoms with Crippen molar-refractivity contribution in [2.75, 3.05) is 10.8 Å². The Kier molecular flexibility index (Phi) is 11.1. The van der Waals surface area contributed by atoms with Crippen LogP contribution in [0.25, 0.3) is 0 Å². The van der Waals surface area contributed by atoms with E-state index < -0.39 is 34.1 Å². The van der Waals surface area contributed by atoms with Gasteiger partial charge in [0, 0.05) is 28.0 Å². The molecule has 4 rings (SSSR count). The molecule has 0 spiro atoms. The summed E-state index contributed by atoms with van der Waals surface area (Å²) in [5.74, 6) is -0.888. The van der Waals surface area contributed by atoms with Crippen LogP contribution in [0.1, 0.15) is 37.5 Å². The molecule has 4 aromatic carbocycles. The van der Waals surface area contributed by atoms with E-state index in [1.165, 1.54) is 23.1 Å². The lowest BCUT2D eigenvalue weighted by Gasteiger charge is -2.35. The quantitative estimate of drug-likeness (QED) is 0.179. The van der Waals surface area contributed by atoms with Crippen molar-refractivity contribution >= 4 is 55.1 Å². The summed E-state index contributed by atoms with van der Waals surface area (Å²) in [7, 11) is -4.21. The van der Waals surface area contributed by atoms with Gasteiger partial charge in [-0.2, -0.15) is 0 Å². The number of halogens is 2. The molecule has 0 saturated carbocycles. The maximum absolute atomic E-state index is 14.5. The molecule has 1 unspecified atom stereocenters. The van der Waals surface area contributed by atoms with Crippen molar-refractivity contribution in [2.45, 2.75) is 57.1 Å². The molecule has 0 fully saturated rings. The summed E-state index contributed by atoms with van der Waals surface area (Å²) in [6.45, 7) is 7.00. The van der Waals surface area contributed by atoms with Gasteiger partial charge in [0.15, 0.2) is 0 Å². The van der Waals surface area contributed by atoms with E-state index in [2.05, 4.69) is 21.2 Å². The van der Waals surface area contributed by atoms with Gasteiger partial charge in [0.2, 0.25) is 11.8 Å². The van der Waals surface area contributed by atoms with E-state index in [1.54, 1.807) is 30.3 Å². The number of anilines is 1. The first kappa shape index (κ1) is 34.2. The molecule has 10 heteroatoms. The van der Waals surface area contributed by atoms with Crippen LogP contribution in [-0.4, -0.2) is 43.3 Å². The van der Waals surface area contributed by atoms with Crippen molar-refractivity contribution < 1.29 is 18.0 Å². The van der Waals surface area contributed by atoms with E-state index in [-0.39, 0.29) is 29.5 Å². The molecule has 2 amide bonds. The molecule has 0 heterocycles. The van der Waals surface area contributed by atoms with Gasteiger partial charge in [0.25, 0.3) is 10.0 Å². The molecule has 0 aliphatic heterocycles. The summed E-state index contributed by atoms with van der Waals surface area (Å²) >= 11 is 9.80. The second-order valence-corrected chi connectivity index (χ2v) is 15.1. The Morgan fingerprint density at radius 1 is 0.867 bits per heavy atom. The zero-order chi connectivity index (χ0) is 32.8. The largest absolute Gasteiger partial charge is 0.350 e. The number of carbonyl (C=O) groups excluding carboxylic acids is 2. The number of carbonyl (C=O) groups is 2. The number of sulfonamides is 1. The van der Waals surface area contributed by atoms with Crippen LogP contribution in [0.4, 0.5) is 5.69 Å². The molecule has 7 nitrogen and oxygen atoms in total. The molecule has 0 aromatic heterocycles. The fourth-order valence-corrected chi connectivity index (χ4v) is 6.87. The topological polar surface area (TPSA) is 86.8 Å². The maximum Gasteiger partial charge on any atom is 0.264 e. The van der Waals surface area contributed by atoms with Gasteiger partial charge in [0.1, 0.15) is 12.6 Å². The monoisotopic (exact) mass is 709 g/mol. The Morgan fingerprint density at radius 3 is 2.13 bits per heavy atom. The Morgan fingerprint density at radius 2 is 1.51 bits per heavy atom. The molecule has 0 aliphatic carbocycles. The fraction of sp³-hybridized carbons (Fsp3) is 0.257. The Balaban J connectivity index is 1.82. The number of aryl methyl sites for hydroxylation is 1. The third-order valence-electron chi connectivity index (χ3n) is 7.00. The van der Waals surface area contributed by atoms with Gasteiger partial charge in [-0.1, -0.05) is 93.8 Å². The molecule has 0 aliphatic rings. The van der Waals surface area contributed by atoms with Crippen molar-refractivity contribution in [1.29, 1.82) is 0 Å². The van der Waals surface area contributed by atoms with E-state index >= 15 is 0 Å². The first-order valence-corrected chi connectivity index (χ1v) is 17.1. The number of nitrogens with zero attached hydrogens (tertiary/aromatic N) is 2. The van der Waals surface area contributed by atoms with Crippen LogP contribution in [0.2, 0.25) is 5.02 Å². The first-order chi connectivity index (χ1) is 21.2. The molecule has 0 bridgehead atoms. The highest BCUT2D eigenvalue weighted by Gasteiger charge is 2.35. The summed E-state index contributed by atoms with van der Waals surface area (Å²) in [6.07, 6.45) is 0.227. The average Bonchev–Trinajstić information content (AvgIpc) is 2.97. The lowest BCUT2D eigenvalue weighted by molar-refractivity contribution is -0.140. The van der Waals surface area contributed by atoms with Gasteiger partial charge in [-0.25, -0.2) is 8.42 Å². The molecule has 0 radical (unpaired) electrons. The molecule has 4 aromatic rings. The third-order valence-corrected chi connectivity index (χ3v) is 9.51. The van der Waals surface area contributed by atoms with E-state index in [0.29, 0.717) is 5.02 Å². The molecule has 0 saturated heterocycles. The molecule has 1 N–H and O–H groups in total. The number of nitrogens with one attached hydrogen (secondary N) is 1. The van der Waals surface area contributed by atoms with Crippen molar-refractivity contribution in [3.63, 3.8) is 0 Å². The summed E-state index contributed by atoms with van der Waals surface area (Å²) in [4.78, 5) is 30.0. The predicted molar refractivity (Wildman–Crippen MR) is 184 cm³/mol. The lowest BCUT2D eigenvalue weighted by atomic mass is 10.0. The molecular weight excluding hydrogens is 674 g/mol. The van der Waals surface area contributed by atoms with Crippen LogP contribution in [0.15, 0.2) is 112 Å².